The van der Waals surface area contributed by atoms with Gasteiger partial charge in [0.05, 0.1) is 6.54 Å². The number of halogens is 1. The number of aromatic nitrogens is 2. The van der Waals surface area contributed by atoms with E-state index in [0.29, 0.717) is 30.6 Å². The van der Waals surface area contributed by atoms with E-state index >= 15 is 0 Å². The van der Waals surface area contributed by atoms with Crippen LogP contribution >= 0.6 is 12.4 Å². The second-order valence-corrected chi connectivity index (χ2v) is 5.73. The topological polar surface area (TPSA) is 94.5 Å². The zero-order valence-electron chi connectivity index (χ0n) is 13.3. The van der Waals surface area contributed by atoms with E-state index in [9.17, 15) is 4.79 Å². The van der Waals surface area contributed by atoms with Crippen molar-refractivity contribution in [3.8, 4) is 0 Å². The van der Waals surface area contributed by atoms with Crippen molar-refractivity contribution in [2.45, 2.75) is 51.3 Å². The molecule has 1 unspecified atom stereocenters. The van der Waals surface area contributed by atoms with E-state index in [-0.39, 0.29) is 30.5 Å². The Morgan fingerprint density at radius 3 is 2.86 bits per heavy atom. The van der Waals surface area contributed by atoms with E-state index in [1.165, 1.54) is 0 Å². The molecule has 8 heteroatoms. The minimum atomic E-state index is -0.222. The molecule has 2 rings (SSSR count). The van der Waals surface area contributed by atoms with Gasteiger partial charge in [-0.1, -0.05) is 11.6 Å². The lowest BCUT2D eigenvalue weighted by Gasteiger charge is -2.19. The van der Waals surface area contributed by atoms with Gasteiger partial charge in [-0.3, -0.25) is 4.79 Å². The van der Waals surface area contributed by atoms with Crippen molar-refractivity contribution in [2.75, 3.05) is 14.2 Å². The molecule has 0 radical (unpaired) electrons. The summed E-state index contributed by atoms with van der Waals surface area (Å²) < 4.78 is 10.3. The highest BCUT2D eigenvalue weighted by Crippen LogP contribution is 2.27. The van der Waals surface area contributed by atoms with Crippen molar-refractivity contribution in [1.29, 1.82) is 0 Å². The smallest absolute Gasteiger partial charge is 0.246 e. The molecule has 1 heterocycles. The van der Waals surface area contributed by atoms with E-state index in [2.05, 4.69) is 10.1 Å². The molecular weight excluding hydrogens is 308 g/mol. The number of nitrogens with two attached hydrogens (primary N) is 1. The van der Waals surface area contributed by atoms with Crippen LogP contribution in [0.15, 0.2) is 4.52 Å². The number of rotatable bonds is 6. The van der Waals surface area contributed by atoms with Crippen LogP contribution in [0.3, 0.4) is 0 Å². The first-order valence-corrected chi connectivity index (χ1v) is 7.36. The monoisotopic (exact) mass is 332 g/mol. The second-order valence-electron chi connectivity index (χ2n) is 5.73. The van der Waals surface area contributed by atoms with Gasteiger partial charge in [0.1, 0.15) is 6.10 Å². The molecular formula is C14H25ClN4O3. The van der Waals surface area contributed by atoms with Crippen molar-refractivity contribution in [1.82, 2.24) is 15.0 Å². The molecule has 0 bridgehead atoms. The van der Waals surface area contributed by atoms with Crippen LogP contribution in [0.4, 0.5) is 0 Å². The van der Waals surface area contributed by atoms with Crippen LogP contribution in [0.2, 0.25) is 0 Å². The molecule has 7 nitrogen and oxygen atoms in total. The molecule has 1 aromatic heterocycles. The summed E-state index contributed by atoms with van der Waals surface area (Å²) >= 11 is 0. The second kappa shape index (κ2) is 8.45. The van der Waals surface area contributed by atoms with E-state index in [4.69, 9.17) is 15.0 Å². The summed E-state index contributed by atoms with van der Waals surface area (Å²) in [6.45, 7) is 2.15. The average Bonchev–Trinajstić information content (AvgIpc) is 3.08. The largest absolute Gasteiger partial charge is 0.374 e. The first-order valence-electron chi connectivity index (χ1n) is 7.36. The number of hydrogen-bond acceptors (Lipinski definition) is 6. The molecule has 0 aliphatic heterocycles. The maximum absolute atomic E-state index is 12.2. The molecule has 126 valence electrons. The van der Waals surface area contributed by atoms with Crippen molar-refractivity contribution < 1.29 is 14.1 Å². The summed E-state index contributed by atoms with van der Waals surface area (Å²) in [5.41, 5.74) is 6.01. The summed E-state index contributed by atoms with van der Waals surface area (Å²) in [4.78, 5) is 18.0. The third-order valence-electron chi connectivity index (χ3n) is 4.15. The molecule has 1 saturated carbocycles. The molecule has 0 aromatic carbocycles. The standard InChI is InChI=1S/C14H24N4O3.ClH/c1-9(20-3)14-16-12(21-17-14)8-18(2)13(19)7-10-5-4-6-11(10)15;/h9-11H,4-8,15H2,1-3H3;1H/t9?,10-,11+;/m0./s1. The maximum atomic E-state index is 12.2. The zero-order chi connectivity index (χ0) is 15.4. The van der Waals surface area contributed by atoms with Crippen molar-refractivity contribution in [3.05, 3.63) is 11.7 Å². The fraction of sp³-hybridized carbons (Fsp3) is 0.786. The van der Waals surface area contributed by atoms with Gasteiger partial charge in [-0.25, -0.2) is 0 Å². The van der Waals surface area contributed by atoms with Crippen LogP contribution in [-0.2, 0) is 16.1 Å². The van der Waals surface area contributed by atoms with Gasteiger partial charge in [0.2, 0.25) is 11.8 Å². The number of nitrogens with zero attached hydrogens (tertiary/aromatic N) is 3. The summed E-state index contributed by atoms with van der Waals surface area (Å²) in [6, 6.07) is 0.153. The molecule has 1 amide bonds. The van der Waals surface area contributed by atoms with Crippen molar-refractivity contribution >= 4 is 18.3 Å². The average molecular weight is 333 g/mol. The van der Waals surface area contributed by atoms with Gasteiger partial charge in [0, 0.05) is 26.6 Å². The Labute approximate surface area is 137 Å². The number of methoxy groups -OCH3 is 1. The predicted octanol–water partition coefficient (Wildman–Crippen LogP) is 1.67. The normalized spacial score (nSPS) is 22.2. The van der Waals surface area contributed by atoms with Gasteiger partial charge in [-0.2, -0.15) is 4.98 Å². The molecule has 1 aromatic rings. The third-order valence-corrected chi connectivity index (χ3v) is 4.15. The highest BCUT2D eigenvalue weighted by Gasteiger charge is 2.27. The molecule has 1 aliphatic carbocycles. The molecule has 3 atom stereocenters. The summed E-state index contributed by atoms with van der Waals surface area (Å²) in [5, 5.41) is 3.85. The van der Waals surface area contributed by atoms with Gasteiger partial charge in [0.15, 0.2) is 5.82 Å². The van der Waals surface area contributed by atoms with Gasteiger partial charge < -0.3 is 19.9 Å². The summed E-state index contributed by atoms with van der Waals surface area (Å²) in [5.74, 6) is 1.27. The molecule has 2 N–H and O–H groups in total. The summed E-state index contributed by atoms with van der Waals surface area (Å²) in [7, 11) is 3.33. The number of amides is 1. The molecule has 0 saturated heterocycles. The Bertz CT molecular complexity index is 482. The Morgan fingerprint density at radius 1 is 1.55 bits per heavy atom. The van der Waals surface area contributed by atoms with Crippen LogP contribution in [0.25, 0.3) is 0 Å². The number of hydrogen-bond donors (Lipinski definition) is 1. The van der Waals surface area contributed by atoms with Crippen LogP contribution in [0, 0.1) is 5.92 Å². The number of ether oxygens (including phenoxy) is 1. The number of carbonyl (C=O) groups is 1. The minimum absolute atomic E-state index is 0. The van der Waals surface area contributed by atoms with E-state index in [1.807, 2.05) is 6.92 Å². The highest BCUT2D eigenvalue weighted by molar-refractivity contribution is 5.85. The van der Waals surface area contributed by atoms with E-state index < -0.39 is 0 Å². The first kappa shape index (κ1) is 18.9. The quantitative estimate of drug-likeness (QED) is 0.851. The first-order chi connectivity index (χ1) is 10.0. The lowest BCUT2D eigenvalue weighted by Crippen LogP contribution is -2.32. The van der Waals surface area contributed by atoms with Crippen LogP contribution < -0.4 is 5.73 Å². The molecule has 22 heavy (non-hydrogen) atoms. The zero-order valence-corrected chi connectivity index (χ0v) is 14.1. The molecule has 1 fully saturated rings. The van der Waals surface area contributed by atoms with Gasteiger partial charge >= 0.3 is 0 Å². The Morgan fingerprint density at radius 2 is 2.27 bits per heavy atom. The van der Waals surface area contributed by atoms with Gasteiger partial charge in [-0.05, 0) is 25.7 Å². The molecule has 1 aliphatic rings. The van der Waals surface area contributed by atoms with Crippen LogP contribution in [0.5, 0.6) is 0 Å². The molecule has 0 spiro atoms. The Balaban J connectivity index is 0.00000242. The van der Waals surface area contributed by atoms with E-state index in [0.717, 1.165) is 19.3 Å². The van der Waals surface area contributed by atoms with Gasteiger partial charge in [-0.15, -0.1) is 12.4 Å². The fourth-order valence-electron chi connectivity index (χ4n) is 2.59. The van der Waals surface area contributed by atoms with Crippen molar-refractivity contribution in [3.63, 3.8) is 0 Å². The predicted molar refractivity (Wildman–Crippen MR) is 83.4 cm³/mol. The lowest BCUT2D eigenvalue weighted by molar-refractivity contribution is -0.131. The van der Waals surface area contributed by atoms with Crippen LogP contribution in [-0.4, -0.2) is 41.1 Å². The highest BCUT2D eigenvalue weighted by atomic mass is 35.5. The summed E-state index contributed by atoms with van der Waals surface area (Å²) in [6.07, 6.45) is 3.44. The Hall–Kier alpha value is -1.18. The van der Waals surface area contributed by atoms with Gasteiger partial charge in [0.25, 0.3) is 0 Å². The minimum Gasteiger partial charge on any atom is -0.374 e. The maximum Gasteiger partial charge on any atom is 0.246 e. The van der Waals surface area contributed by atoms with E-state index in [1.54, 1.807) is 19.1 Å². The fourth-order valence-corrected chi connectivity index (χ4v) is 2.59. The number of carbonyl (C=O) groups excluding carboxylic acids is 1. The Kier molecular flexibility index (Phi) is 7.25. The SMILES string of the molecule is COC(C)c1noc(CN(C)C(=O)C[C@@H]2CCC[C@H]2N)n1.Cl. The van der Waals surface area contributed by atoms with Crippen molar-refractivity contribution in [2.24, 2.45) is 11.7 Å². The third kappa shape index (κ3) is 4.66. The lowest BCUT2D eigenvalue weighted by atomic mass is 9.99. The van der Waals surface area contributed by atoms with Crippen LogP contribution in [0.1, 0.15) is 50.4 Å².